The molecule has 0 aliphatic carbocycles. The molecule has 0 spiro atoms. The zero-order valence-corrected chi connectivity index (χ0v) is 17.3. The van der Waals surface area contributed by atoms with Gasteiger partial charge in [0.2, 0.25) is 0 Å². The summed E-state index contributed by atoms with van der Waals surface area (Å²) in [5, 5.41) is 20.2. The number of para-hydroxylation sites is 1. The first-order chi connectivity index (χ1) is 15.1. The highest BCUT2D eigenvalue weighted by atomic mass is 32.2. The number of rotatable bonds is 7. The summed E-state index contributed by atoms with van der Waals surface area (Å²) in [6.45, 7) is 0. The maximum atomic E-state index is 14.0. The first-order valence-corrected chi connectivity index (χ1v) is 10.3. The van der Waals surface area contributed by atoms with Gasteiger partial charge in [-0.1, -0.05) is 36.0 Å². The molecule has 4 rings (SSSR count). The Balaban J connectivity index is 1.68. The Kier molecular flexibility index (Phi) is 5.94. The summed E-state index contributed by atoms with van der Waals surface area (Å²) >= 11 is 1.41. The molecule has 9 heteroatoms. The van der Waals surface area contributed by atoms with Crippen LogP contribution in [0.5, 0.6) is 5.75 Å². The van der Waals surface area contributed by atoms with Crippen LogP contribution < -0.4 is 4.74 Å². The van der Waals surface area contributed by atoms with Crippen molar-refractivity contribution in [2.75, 3.05) is 7.11 Å². The molecule has 0 unspecified atom stereocenters. The van der Waals surface area contributed by atoms with Gasteiger partial charge in [0, 0.05) is 29.1 Å². The van der Waals surface area contributed by atoms with Crippen molar-refractivity contribution in [1.82, 2.24) is 14.8 Å². The molecule has 1 aromatic heterocycles. The van der Waals surface area contributed by atoms with Crippen LogP contribution in [0.15, 0.2) is 78.0 Å². The lowest BCUT2D eigenvalue weighted by atomic mass is 10.2. The van der Waals surface area contributed by atoms with Crippen molar-refractivity contribution in [2.45, 2.75) is 10.9 Å². The summed E-state index contributed by atoms with van der Waals surface area (Å²) in [6, 6.07) is 20.6. The molecule has 0 N–H and O–H groups in total. The van der Waals surface area contributed by atoms with Gasteiger partial charge >= 0.3 is 0 Å². The lowest BCUT2D eigenvalue weighted by molar-refractivity contribution is -0.384. The van der Waals surface area contributed by atoms with Gasteiger partial charge in [-0.25, -0.2) is 4.39 Å². The van der Waals surface area contributed by atoms with Crippen molar-refractivity contribution in [1.29, 1.82) is 0 Å². The number of aromatic nitrogens is 3. The minimum absolute atomic E-state index is 0.00524. The van der Waals surface area contributed by atoms with E-state index in [4.69, 9.17) is 4.74 Å². The van der Waals surface area contributed by atoms with E-state index in [2.05, 4.69) is 10.2 Å². The van der Waals surface area contributed by atoms with Crippen LogP contribution in [0, 0.1) is 15.9 Å². The smallest absolute Gasteiger partial charge is 0.269 e. The third-order valence-electron chi connectivity index (χ3n) is 4.57. The molecule has 0 atom stereocenters. The van der Waals surface area contributed by atoms with Gasteiger partial charge in [-0.2, -0.15) is 0 Å². The Morgan fingerprint density at radius 2 is 1.81 bits per heavy atom. The zero-order chi connectivity index (χ0) is 21.8. The van der Waals surface area contributed by atoms with Crippen LogP contribution in [0.25, 0.3) is 17.1 Å². The number of nitrogens with zero attached hydrogens (tertiary/aromatic N) is 4. The molecule has 1 heterocycles. The lowest BCUT2D eigenvalue weighted by Gasteiger charge is -2.10. The molecule has 0 bridgehead atoms. The fraction of sp³-hybridized carbons (Fsp3) is 0.0909. The first-order valence-electron chi connectivity index (χ1n) is 9.27. The third-order valence-corrected chi connectivity index (χ3v) is 5.57. The molecule has 0 aliphatic heterocycles. The third kappa shape index (κ3) is 4.41. The van der Waals surface area contributed by atoms with Gasteiger partial charge in [0.25, 0.3) is 5.69 Å². The fourth-order valence-corrected chi connectivity index (χ4v) is 3.93. The summed E-state index contributed by atoms with van der Waals surface area (Å²) in [5.41, 5.74) is 2.34. The summed E-state index contributed by atoms with van der Waals surface area (Å²) in [7, 11) is 1.43. The van der Waals surface area contributed by atoms with Crippen molar-refractivity contribution >= 4 is 17.4 Å². The quantitative estimate of drug-likeness (QED) is 0.223. The van der Waals surface area contributed by atoms with Crippen LogP contribution in [0.3, 0.4) is 0 Å². The Morgan fingerprint density at radius 1 is 1.06 bits per heavy atom. The van der Waals surface area contributed by atoms with Gasteiger partial charge in [0.05, 0.1) is 12.0 Å². The zero-order valence-electron chi connectivity index (χ0n) is 16.4. The van der Waals surface area contributed by atoms with E-state index in [-0.39, 0.29) is 11.4 Å². The predicted molar refractivity (Wildman–Crippen MR) is 116 cm³/mol. The van der Waals surface area contributed by atoms with Crippen LogP contribution in [0.1, 0.15) is 5.56 Å². The van der Waals surface area contributed by atoms with Crippen LogP contribution >= 0.6 is 11.8 Å². The predicted octanol–water partition coefficient (Wildman–Crippen LogP) is 5.28. The van der Waals surface area contributed by atoms with E-state index in [0.717, 1.165) is 11.3 Å². The molecule has 0 radical (unpaired) electrons. The molecular weight excluding hydrogens is 419 g/mol. The highest BCUT2D eigenvalue weighted by Gasteiger charge is 2.17. The van der Waals surface area contributed by atoms with Crippen LogP contribution in [-0.2, 0) is 5.75 Å². The van der Waals surface area contributed by atoms with Gasteiger partial charge in [-0.15, -0.1) is 10.2 Å². The standard InChI is InChI=1S/C22H17FN4O3S/c1-30-20-12-7-15(13-19(20)23)14-31-22-25-24-21(26(22)17-5-3-2-4-6-17)16-8-10-18(11-9-16)27(28)29/h2-13H,14H2,1H3. The molecule has 0 amide bonds. The largest absolute Gasteiger partial charge is 0.494 e. The number of ether oxygens (including phenoxy) is 1. The van der Waals surface area contributed by atoms with Crippen molar-refractivity contribution in [3.63, 3.8) is 0 Å². The number of benzene rings is 3. The van der Waals surface area contributed by atoms with E-state index in [1.54, 1.807) is 24.3 Å². The molecule has 31 heavy (non-hydrogen) atoms. The molecule has 156 valence electrons. The molecule has 0 saturated heterocycles. The van der Waals surface area contributed by atoms with Crippen molar-refractivity contribution in [3.05, 3.63) is 94.3 Å². The lowest BCUT2D eigenvalue weighted by Crippen LogP contribution is -2.00. The minimum atomic E-state index is -0.443. The Hall–Kier alpha value is -3.72. The second kappa shape index (κ2) is 8.97. The van der Waals surface area contributed by atoms with Crippen LogP contribution in [-0.4, -0.2) is 26.8 Å². The number of methoxy groups -OCH3 is 1. The number of non-ortho nitro benzene ring substituents is 1. The van der Waals surface area contributed by atoms with Gasteiger partial charge in [0.1, 0.15) is 0 Å². The number of thioether (sulfide) groups is 1. The number of hydrogen-bond acceptors (Lipinski definition) is 6. The summed E-state index contributed by atoms with van der Waals surface area (Å²) in [4.78, 5) is 10.5. The Bertz CT molecular complexity index is 1210. The highest BCUT2D eigenvalue weighted by Crippen LogP contribution is 2.31. The average molecular weight is 436 g/mol. The first kappa shape index (κ1) is 20.5. The molecular formula is C22H17FN4O3S. The van der Waals surface area contributed by atoms with Gasteiger partial charge in [0.15, 0.2) is 22.5 Å². The molecule has 0 saturated carbocycles. The topological polar surface area (TPSA) is 83.1 Å². The fourth-order valence-electron chi connectivity index (χ4n) is 3.04. The molecule has 7 nitrogen and oxygen atoms in total. The maximum absolute atomic E-state index is 14.0. The van der Waals surface area contributed by atoms with Gasteiger partial charge < -0.3 is 4.74 Å². The van der Waals surface area contributed by atoms with E-state index in [1.165, 1.54) is 37.1 Å². The van der Waals surface area contributed by atoms with Crippen LogP contribution in [0.2, 0.25) is 0 Å². The van der Waals surface area contributed by atoms with E-state index >= 15 is 0 Å². The van der Waals surface area contributed by atoms with Crippen molar-refractivity contribution in [3.8, 4) is 22.8 Å². The van der Waals surface area contributed by atoms with E-state index in [0.29, 0.717) is 22.3 Å². The van der Waals surface area contributed by atoms with E-state index < -0.39 is 10.7 Å². The van der Waals surface area contributed by atoms with Crippen LogP contribution in [0.4, 0.5) is 10.1 Å². The number of nitro groups is 1. The van der Waals surface area contributed by atoms with E-state index in [9.17, 15) is 14.5 Å². The van der Waals surface area contributed by atoms with E-state index in [1.807, 2.05) is 34.9 Å². The molecule has 0 aliphatic rings. The normalized spacial score (nSPS) is 10.8. The maximum Gasteiger partial charge on any atom is 0.269 e. The Morgan fingerprint density at radius 3 is 2.45 bits per heavy atom. The van der Waals surface area contributed by atoms with Gasteiger partial charge in [-0.05, 0) is 42.0 Å². The average Bonchev–Trinajstić information content (AvgIpc) is 3.22. The van der Waals surface area contributed by atoms with Crippen molar-refractivity contribution < 1.29 is 14.1 Å². The Labute approximate surface area is 181 Å². The second-order valence-corrected chi connectivity index (χ2v) is 7.48. The van der Waals surface area contributed by atoms with Crippen molar-refractivity contribution in [2.24, 2.45) is 0 Å². The number of halogens is 1. The number of hydrogen-bond donors (Lipinski definition) is 0. The van der Waals surface area contributed by atoms with Gasteiger partial charge in [-0.3, -0.25) is 14.7 Å². The monoisotopic (exact) mass is 436 g/mol. The molecule has 4 aromatic rings. The molecule has 3 aromatic carbocycles. The number of nitro benzene ring substituents is 1. The second-order valence-electron chi connectivity index (χ2n) is 6.54. The minimum Gasteiger partial charge on any atom is -0.494 e. The molecule has 0 fully saturated rings. The highest BCUT2D eigenvalue weighted by molar-refractivity contribution is 7.98. The summed E-state index contributed by atoms with van der Waals surface area (Å²) < 4.78 is 20.9. The summed E-state index contributed by atoms with van der Waals surface area (Å²) in [6.07, 6.45) is 0. The summed E-state index contributed by atoms with van der Waals surface area (Å²) in [5.74, 6) is 0.814. The SMILES string of the molecule is COc1ccc(CSc2nnc(-c3ccc([N+](=O)[O-])cc3)n2-c2ccccc2)cc1F.